The summed E-state index contributed by atoms with van der Waals surface area (Å²) in [5, 5.41) is 8.39. The zero-order chi connectivity index (χ0) is 20.1. The first-order chi connectivity index (χ1) is 13.5. The van der Waals surface area contributed by atoms with Crippen molar-refractivity contribution in [1.29, 1.82) is 0 Å². The van der Waals surface area contributed by atoms with Gasteiger partial charge >= 0.3 is 0 Å². The van der Waals surface area contributed by atoms with Gasteiger partial charge in [-0.15, -0.1) is 0 Å². The molecule has 1 saturated heterocycles. The predicted molar refractivity (Wildman–Crippen MR) is 114 cm³/mol. The van der Waals surface area contributed by atoms with Crippen LogP contribution in [0.15, 0.2) is 30.5 Å². The maximum Gasteiger partial charge on any atom is 0.255 e. The third kappa shape index (κ3) is 4.95. The third-order valence-corrected chi connectivity index (χ3v) is 5.64. The number of likely N-dealkylation sites (tertiary alicyclic amines) is 1. The fourth-order valence-corrected chi connectivity index (χ4v) is 4.03. The number of nitrogens with one attached hydrogen (secondary N) is 1. The number of carbonyl (C=O) groups excluding carboxylic acids is 1. The minimum Gasteiger partial charge on any atom is -0.349 e. The molecule has 2 heterocycles. The van der Waals surface area contributed by atoms with Crippen molar-refractivity contribution in [2.75, 3.05) is 19.6 Å². The molecule has 1 aliphatic rings. The Labute approximate surface area is 173 Å². The lowest BCUT2D eigenvalue weighted by atomic mass is 10.0. The Morgan fingerprint density at radius 3 is 2.71 bits per heavy atom. The quantitative estimate of drug-likeness (QED) is 0.733. The lowest BCUT2D eigenvalue weighted by Crippen LogP contribution is -2.45. The van der Waals surface area contributed by atoms with Gasteiger partial charge in [-0.05, 0) is 49.9 Å². The van der Waals surface area contributed by atoms with E-state index < -0.39 is 0 Å². The van der Waals surface area contributed by atoms with Gasteiger partial charge in [0.25, 0.3) is 5.91 Å². The van der Waals surface area contributed by atoms with Gasteiger partial charge in [0.2, 0.25) is 0 Å². The third-order valence-electron chi connectivity index (χ3n) is 5.40. The summed E-state index contributed by atoms with van der Waals surface area (Å²) < 4.78 is 1.83. The number of rotatable bonds is 7. The van der Waals surface area contributed by atoms with E-state index in [9.17, 15) is 4.79 Å². The average molecular weight is 403 g/mol. The van der Waals surface area contributed by atoms with Crippen LogP contribution in [0, 0.1) is 0 Å². The monoisotopic (exact) mass is 402 g/mol. The van der Waals surface area contributed by atoms with Crippen molar-refractivity contribution < 1.29 is 4.79 Å². The van der Waals surface area contributed by atoms with Crippen molar-refractivity contribution in [3.63, 3.8) is 0 Å². The number of carbonyl (C=O) groups is 1. The van der Waals surface area contributed by atoms with E-state index in [-0.39, 0.29) is 17.9 Å². The minimum absolute atomic E-state index is 0.0241. The molecule has 1 aromatic carbocycles. The summed E-state index contributed by atoms with van der Waals surface area (Å²) in [4.78, 5) is 15.5. The molecule has 5 nitrogen and oxygen atoms in total. The molecule has 0 radical (unpaired) electrons. The van der Waals surface area contributed by atoms with Crippen molar-refractivity contribution in [1.82, 2.24) is 20.0 Å². The summed E-state index contributed by atoms with van der Waals surface area (Å²) in [7, 11) is 0. The molecule has 0 atom stereocenters. The summed E-state index contributed by atoms with van der Waals surface area (Å²) >= 11 is 6.14. The largest absolute Gasteiger partial charge is 0.349 e. The first kappa shape index (κ1) is 20.9. The van der Waals surface area contributed by atoms with Crippen LogP contribution in [0.3, 0.4) is 0 Å². The predicted octanol–water partition coefficient (Wildman–Crippen LogP) is 4.64. The van der Waals surface area contributed by atoms with Crippen LogP contribution in [0.5, 0.6) is 0 Å². The molecule has 0 spiro atoms. The maximum atomic E-state index is 13.0. The Balaban J connectivity index is 1.71. The molecule has 1 N–H and O–H groups in total. The van der Waals surface area contributed by atoms with E-state index in [1.54, 1.807) is 6.20 Å². The standard InChI is InChI=1S/C22H31ClN4O/c1-4-5-11-26-12-9-18(10-13-26)25-22(28)20-15-24-27(21(20)16(2)3)19-8-6-7-17(23)14-19/h6-8,14-16,18H,4-5,9-13H2,1-3H3,(H,25,28). The van der Waals surface area contributed by atoms with Gasteiger partial charge < -0.3 is 10.2 Å². The lowest BCUT2D eigenvalue weighted by Gasteiger charge is -2.32. The highest BCUT2D eigenvalue weighted by Gasteiger charge is 2.25. The average Bonchev–Trinajstić information content (AvgIpc) is 3.13. The Bertz CT molecular complexity index is 794. The smallest absolute Gasteiger partial charge is 0.255 e. The van der Waals surface area contributed by atoms with E-state index in [1.165, 1.54) is 19.4 Å². The number of hydrogen-bond donors (Lipinski definition) is 1. The summed E-state index contributed by atoms with van der Waals surface area (Å²) in [6, 6.07) is 7.80. The molecule has 2 aromatic rings. The van der Waals surface area contributed by atoms with Crippen molar-refractivity contribution >= 4 is 17.5 Å². The molecule has 0 saturated carbocycles. The van der Waals surface area contributed by atoms with Gasteiger partial charge in [0, 0.05) is 24.2 Å². The highest BCUT2D eigenvalue weighted by atomic mass is 35.5. The van der Waals surface area contributed by atoms with Crippen LogP contribution >= 0.6 is 11.6 Å². The number of unbranched alkanes of at least 4 members (excludes halogenated alkanes) is 1. The molecule has 0 bridgehead atoms. The molecule has 1 aromatic heterocycles. The van der Waals surface area contributed by atoms with E-state index in [0.717, 1.165) is 37.3 Å². The van der Waals surface area contributed by atoms with Gasteiger partial charge in [0.15, 0.2) is 0 Å². The number of nitrogens with zero attached hydrogens (tertiary/aromatic N) is 3. The summed E-state index contributed by atoms with van der Waals surface area (Å²) in [5.41, 5.74) is 2.45. The van der Waals surface area contributed by atoms with Crippen LogP contribution in [0.1, 0.15) is 68.4 Å². The number of hydrogen-bond acceptors (Lipinski definition) is 3. The zero-order valence-corrected chi connectivity index (χ0v) is 17.9. The van der Waals surface area contributed by atoms with Gasteiger partial charge in [-0.1, -0.05) is 44.9 Å². The summed E-state index contributed by atoms with van der Waals surface area (Å²) in [5.74, 6) is 0.141. The summed E-state index contributed by atoms with van der Waals surface area (Å²) in [6.07, 6.45) is 6.18. The second-order valence-electron chi connectivity index (χ2n) is 7.93. The highest BCUT2D eigenvalue weighted by Crippen LogP contribution is 2.25. The van der Waals surface area contributed by atoms with Gasteiger partial charge in [0.05, 0.1) is 23.1 Å². The molecule has 1 fully saturated rings. The Morgan fingerprint density at radius 2 is 2.07 bits per heavy atom. The molecule has 3 rings (SSSR count). The van der Waals surface area contributed by atoms with Crippen molar-refractivity contribution in [3.8, 4) is 5.69 Å². The first-order valence-corrected chi connectivity index (χ1v) is 10.7. The van der Waals surface area contributed by atoms with E-state index in [0.29, 0.717) is 10.6 Å². The van der Waals surface area contributed by atoms with E-state index in [4.69, 9.17) is 11.6 Å². The number of halogens is 1. The van der Waals surface area contributed by atoms with Crippen LogP contribution in [0.25, 0.3) is 5.69 Å². The summed E-state index contributed by atoms with van der Waals surface area (Å²) in [6.45, 7) is 9.68. The molecule has 28 heavy (non-hydrogen) atoms. The van der Waals surface area contributed by atoms with Gasteiger partial charge in [0.1, 0.15) is 0 Å². The number of piperidine rings is 1. The molecule has 1 amide bonds. The number of benzene rings is 1. The Morgan fingerprint density at radius 1 is 1.32 bits per heavy atom. The zero-order valence-electron chi connectivity index (χ0n) is 17.1. The maximum absolute atomic E-state index is 13.0. The van der Waals surface area contributed by atoms with Crippen LogP contribution in [0.4, 0.5) is 0 Å². The van der Waals surface area contributed by atoms with Gasteiger partial charge in [-0.2, -0.15) is 5.10 Å². The lowest BCUT2D eigenvalue weighted by molar-refractivity contribution is 0.0909. The van der Waals surface area contributed by atoms with Crippen molar-refractivity contribution in [2.45, 2.75) is 58.4 Å². The fraction of sp³-hybridized carbons (Fsp3) is 0.545. The van der Waals surface area contributed by atoms with Crippen molar-refractivity contribution in [2.24, 2.45) is 0 Å². The molecule has 1 aliphatic heterocycles. The molecule has 6 heteroatoms. The van der Waals surface area contributed by atoms with Gasteiger partial charge in [-0.3, -0.25) is 4.79 Å². The second kappa shape index (κ2) is 9.57. The molecule has 0 aliphatic carbocycles. The minimum atomic E-state index is -0.0241. The van der Waals surface area contributed by atoms with Crippen LogP contribution in [-0.4, -0.2) is 46.3 Å². The van der Waals surface area contributed by atoms with Crippen LogP contribution in [0.2, 0.25) is 5.02 Å². The normalized spacial score (nSPS) is 15.9. The van der Waals surface area contributed by atoms with Crippen LogP contribution < -0.4 is 5.32 Å². The number of amides is 1. The fourth-order valence-electron chi connectivity index (χ4n) is 3.85. The second-order valence-corrected chi connectivity index (χ2v) is 8.37. The van der Waals surface area contributed by atoms with E-state index >= 15 is 0 Å². The molecular weight excluding hydrogens is 372 g/mol. The highest BCUT2D eigenvalue weighted by molar-refractivity contribution is 6.30. The Kier molecular flexibility index (Phi) is 7.13. The molecule has 0 unspecified atom stereocenters. The Hall–Kier alpha value is -1.85. The molecule has 152 valence electrons. The molecular formula is C22H31ClN4O. The van der Waals surface area contributed by atoms with E-state index in [2.05, 4.69) is 36.1 Å². The first-order valence-electron chi connectivity index (χ1n) is 10.4. The van der Waals surface area contributed by atoms with E-state index in [1.807, 2.05) is 28.9 Å². The topological polar surface area (TPSA) is 50.2 Å². The van der Waals surface area contributed by atoms with Gasteiger partial charge in [-0.25, -0.2) is 4.68 Å². The SMILES string of the molecule is CCCCN1CCC(NC(=O)c2cnn(-c3cccc(Cl)c3)c2C(C)C)CC1. The van der Waals surface area contributed by atoms with Crippen molar-refractivity contribution in [3.05, 3.63) is 46.7 Å². The number of aromatic nitrogens is 2. The van der Waals surface area contributed by atoms with Crippen LogP contribution in [-0.2, 0) is 0 Å².